The lowest BCUT2D eigenvalue weighted by Crippen LogP contribution is -2.40. The second kappa shape index (κ2) is 8.44. The Morgan fingerprint density at radius 1 is 1.44 bits per heavy atom. The standard InChI is InChI=1S/C11H21NO3S/c1-4-5-9(6-10(13)14)12-11(15)8(2)7-16-3/h8-9H,4-7H2,1-3H3,(H,12,15)(H,13,14). The smallest absolute Gasteiger partial charge is 0.305 e. The van der Waals surface area contributed by atoms with E-state index >= 15 is 0 Å². The lowest BCUT2D eigenvalue weighted by molar-refractivity contribution is -0.137. The molecule has 0 aliphatic rings. The topological polar surface area (TPSA) is 66.4 Å². The third-order valence-electron chi connectivity index (χ3n) is 2.27. The molecule has 2 N–H and O–H groups in total. The van der Waals surface area contributed by atoms with Crippen LogP contribution in [0.2, 0.25) is 0 Å². The highest BCUT2D eigenvalue weighted by molar-refractivity contribution is 7.98. The molecular weight excluding hydrogens is 226 g/mol. The highest BCUT2D eigenvalue weighted by atomic mass is 32.2. The van der Waals surface area contributed by atoms with Crippen LogP contribution in [0.5, 0.6) is 0 Å². The average Bonchev–Trinajstić information content (AvgIpc) is 2.17. The number of carboxylic acid groups (broad SMARTS) is 1. The third-order valence-corrected chi connectivity index (χ3v) is 3.10. The fourth-order valence-corrected chi connectivity index (χ4v) is 2.11. The van der Waals surface area contributed by atoms with E-state index in [4.69, 9.17) is 5.11 Å². The minimum Gasteiger partial charge on any atom is -0.481 e. The van der Waals surface area contributed by atoms with Crippen LogP contribution in [0.3, 0.4) is 0 Å². The fourth-order valence-electron chi connectivity index (χ4n) is 1.45. The maximum absolute atomic E-state index is 11.7. The van der Waals surface area contributed by atoms with Gasteiger partial charge in [-0.25, -0.2) is 0 Å². The summed E-state index contributed by atoms with van der Waals surface area (Å²) in [6, 6.07) is -0.237. The van der Waals surface area contributed by atoms with Gasteiger partial charge in [-0.3, -0.25) is 9.59 Å². The molecule has 4 nitrogen and oxygen atoms in total. The fraction of sp³-hybridized carbons (Fsp3) is 0.818. The number of hydrogen-bond donors (Lipinski definition) is 2. The lowest BCUT2D eigenvalue weighted by atomic mass is 10.1. The molecular formula is C11H21NO3S. The van der Waals surface area contributed by atoms with E-state index in [9.17, 15) is 9.59 Å². The molecule has 0 aromatic heterocycles. The summed E-state index contributed by atoms with van der Waals surface area (Å²) in [6.45, 7) is 3.84. The van der Waals surface area contributed by atoms with Gasteiger partial charge in [0.05, 0.1) is 6.42 Å². The molecule has 0 aromatic carbocycles. The van der Waals surface area contributed by atoms with Crippen LogP contribution in [0.1, 0.15) is 33.1 Å². The summed E-state index contributed by atoms with van der Waals surface area (Å²) in [7, 11) is 0. The minimum absolute atomic E-state index is 0.00552. The molecule has 2 atom stereocenters. The maximum atomic E-state index is 11.7. The zero-order chi connectivity index (χ0) is 12.6. The molecule has 16 heavy (non-hydrogen) atoms. The molecule has 0 saturated carbocycles. The van der Waals surface area contributed by atoms with Crippen molar-refractivity contribution in [1.29, 1.82) is 0 Å². The Morgan fingerprint density at radius 3 is 2.50 bits per heavy atom. The first-order chi connectivity index (χ1) is 7.51. The molecule has 0 rings (SSSR count). The molecule has 94 valence electrons. The molecule has 1 amide bonds. The Morgan fingerprint density at radius 2 is 2.06 bits per heavy atom. The summed E-state index contributed by atoms with van der Waals surface area (Å²) >= 11 is 1.62. The van der Waals surface area contributed by atoms with Crippen molar-refractivity contribution in [2.24, 2.45) is 5.92 Å². The largest absolute Gasteiger partial charge is 0.481 e. The van der Waals surface area contributed by atoms with Gasteiger partial charge in [-0.15, -0.1) is 0 Å². The van der Waals surface area contributed by atoms with Gasteiger partial charge in [0.1, 0.15) is 0 Å². The van der Waals surface area contributed by atoms with Gasteiger partial charge in [-0.1, -0.05) is 20.3 Å². The zero-order valence-electron chi connectivity index (χ0n) is 10.2. The molecule has 0 fully saturated rings. The molecule has 0 aliphatic carbocycles. The summed E-state index contributed by atoms with van der Waals surface area (Å²) in [5, 5.41) is 11.5. The van der Waals surface area contributed by atoms with E-state index in [-0.39, 0.29) is 24.3 Å². The van der Waals surface area contributed by atoms with Crippen LogP contribution < -0.4 is 5.32 Å². The van der Waals surface area contributed by atoms with E-state index < -0.39 is 5.97 Å². The van der Waals surface area contributed by atoms with Crippen molar-refractivity contribution in [3.63, 3.8) is 0 Å². The number of amides is 1. The highest BCUT2D eigenvalue weighted by Gasteiger charge is 2.18. The minimum atomic E-state index is -0.865. The second-order valence-corrected chi connectivity index (χ2v) is 4.86. The van der Waals surface area contributed by atoms with Gasteiger partial charge < -0.3 is 10.4 Å². The molecule has 0 spiro atoms. The number of carboxylic acids is 1. The Labute approximate surface area is 101 Å². The number of hydrogen-bond acceptors (Lipinski definition) is 3. The molecule has 0 heterocycles. The summed E-state index contributed by atoms with van der Waals surface area (Å²) in [5.74, 6) is -0.217. The number of nitrogens with one attached hydrogen (secondary N) is 1. The normalized spacial score (nSPS) is 14.2. The molecule has 0 radical (unpaired) electrons. The quantitative estimate of drug-likeness (QED) is 0.685. The summed E-state index contributed by atoms with van der Waals surface area (Å²) in [4.78, 5) is 22.3. The number of carbonyl (C=O) groups is 2. The SMILES string of the molecule is CCCC(CC(=O)O)NC(=O)C(C)CSC. The van der Waals surface area contributed by atoms with Crippen LogP contribution >= 0.6 is 11.8 Å². The second-order valence-electron chi connectivity index (χ2n) is 3.95. The van der Waals surface area contributed by atoms with E-state index in [1.54, 1.807) is 11.8 Å². The summed E-state index contributed by atoms with van der Waals surface area (Å²) in [6.07, 6.45) is 3.54. The van der Waals surface area contributed by atoms with Crippen molar-refractivity contribution in [3.8, 4) is 0 Å². The van der Waals surface area contributed by atoms with Gasteiger partial charge in [0, 0.05) is 17.7 Å². The first-order valence-corrected chi connectivity index (χ1v) is 6.91. The van der Waals surface area contributed by atoms with E-state index in [2.05, 4.69) is 5.32 Å². The Bertz CT molecular complexity index is 233. The van der Waals surface area contributed by atoms with Gasteiger partial charge >= 0.3 is 5.97 Å². The summed E-state index contributed by atoms with van der Waals surface area (Å²) < 4.78 is 0. The van der Waals surface area contributed by atoms with Crippen LogP contribution in [-0.4, -0.2) is 35.0 Å². The van der Waals surface area contributed by atoms with Crippen LogP contribution in [0.25, 0.3) is 0 Å². The lowest BCUT2D eigenvalue weighted by Gasteiger charge is -2.18. The van der Waals surface area contributed by atoms with Crippen LogP contribution in [0, 0.1) is 5.92 Å². The monoisotopic (exact) mass is 247 g/mol. The molecule has 0 aromatic rings. The van der Waals surface area contributed by atoms with Crippen LogP contribution in [0.15, 0.2) is 0 Å². The molecule has 0 bridgehead atoms. The van der Waals surface area contributed by atoms with E-state index in [0.717, 1.165) is 12.2 Å². The Hall–Kier alpha value is -0.710. The molecule has 5 heteroatoms. The predicted octanol–water partition coefficient (Wildman–Crippen LogP) is 1.75. The van der Waals surface area contributed by atoms with Gasteiger partial charge in [0.25, 0.3) is 0 Å². The third kappa shape index (κ3) is 6.71. The van der Waals surface area contributed by atoms with Crippen molar-refractivity contribution < 1.29 is 14.7 Å². The van der Waals surface area contributed by atoms with E-state index in [1.807, 2.05) is 20.1 Å². The summed E-state index contributed by atoms with van der Waals surface area (Å²) in [5.41, 5.74) is 0. The number of aliphatic carboxylic acids is 1. The van der Waals surface area contributed by atoms with Crippen molar-refractivity contribution in [1.82, 2.24) is 5.32 Å². The molecule has 0 aliphatic heterocycles. The predicted molar refractivity (Wildman–Crippen MR) is 66.6 cm³/mol. The first-order valence-electron chi connectivity index (χ1n) is 5.52. The van der Waals surface area contributed by atoms with Gasteiger partial charge in [-0.2, -0.15) is 11.8 Å². The Kier molecular flexibility index (Phi) is 8.07. The number of carbonyl (C=O) groups excluding carboxylic acids is 1. The van der Waals surface area contributed by atoms with Crippen molar-refractivity contribution in [2.75, 3.05) is 12.0 Å². The highest BCUT2D eigenvalue weighted by Crippen LogP contribution is 2.07. The van der Waals surface area contributed by atoms with Gasteiger partial charge in [0.2, 0.25) is 5.91 Å². The molecule has 2 unspecified atom stereocenters. The van der Waals surface area contributed by atoms with Gasteiger partial charge in [0.15, 0.2) is 0 Å². The van der Waals surface area contributed by atoms with Crippen LogP contribution in [0.4, 0.5) is 0 Å². The van der Waals surface area contributed by atoms with E-state index in [0.29, 0.717) is 6.42 Å². The average molecular weight is 247 g/mol. The van der Waals surface area contributed by atoms with Crippen molar-refractivity contribution >= 4 is 23.6 Å². The van der Waals surface area contributed by atoms with Crippen molar-refractivity contribution in [2.45, 2.75) is 39.2 Å². The number of thioether (sulfide) groups is 1. The van der Waals surface area contributed by atoms with Gasteiger partial charge in [-0.05, 0) is 12.7 Å². The number of rotatable bonds is 8. The maximum Gasteiger partial charge on any atom is 0.305 e. The van der Waals surface area contributed by atoms with E-state index in [1.165, 1.54) is 0 Å². The van der Waals surface area contributed by atoms with Crippen molar-refractivity contribution in [3.05, 3.63) is 0 Å². The first kappa shape index (κ1) is 15.3. The Balaban J connectivity index is 4.16. The van der Waals surface area contributed by atoms with Crippen LogP contribution in [-0.2, 0) is 9.59 Å². The zero-order valence-corrected chi connectivity index (χ0v) is 11.0. The molecule has 0 saturated heterocycles.